The maximum Gasteiger partial charge on any atom is 0.410 e. The van der Waals surface area contributed by atoms with E-state index in [-0.39, 0.29) is 6.09 Å². The number of β-amino-alcohol motifs (C(OH)–C–C–N with tert-alkyl or cyclic N) is 1. The maximum absolute atomic E-state index is 11.9. The van der Waals surface area contributed by atoms with E-state index < -0.39 is 11.2 Å². The first kappa shape index (κ1) is 15.2. The zero-order valence-electron chi connectivity index (χ0n) is 11.9. The highest BCUT2D eigenvalue weighted by Crippen LogP contribution is 2.25. The second kappa shape index (κ2) is 5.89. The van der Waals surface area contributed by atoms with Gasteiger partial charge >= 0.3 is 6.09 Å². The van der Waals surface area contributed by atoms with E-state index >= 15 is 0 Å². The van der Waals surface area contributed by atoms with Crippen LogP contribution in [0.25, 0.3) is 0 Å². The van der Waals surface area contributed by atoms with Gasteiger partial charge in [0.25, 0.3) is 0 Å². The van der Waals surface area contributed by atoms with Gasteiger partial charge in [-0.05, 0) is 33.6 Å². The van der Waals surface area contributed by atoms with Crippen molar-refractivity contribution in [2.24, 2.45) is 0 Å². The van der Waals surface area contributed by atoms with Crippen LogP contribution in [0, 0.1) is 0 Å². The lowest BCUT2D eigenvalue weighted by Gasteiger charge is -2.39. The lowest BCUT2D eigenvalue weighted by atomic mass is 9.90. The van der Waals surface area contributed by atoms with Gasteiger partial charge in [0, 0.05) is 26.7 Å². The molecular weight excluding hydrogens is 234 g/mol. The van der Waals surface area contributed by atoms with Gasteiger partial charge in [-0.15, -0.1) is 0 Å². The first-order chi connectivity index (χ1) is 8.26. The number of hydrogen-bond acceptors (Lipinski definition) is 4. The summed E-state index contributed by atoms with van der Waals surface area (Å²) in [5, 5.41) is 10.4. The molecule has 0 aromatic heterocycles. The predicted octanol–water partition coefficient (Wildman–Crippen LogP) is 1.78. The molecule has 106 valence electrons. The van der Waals surface area contributed by atoms with Gasteiger partial charge in [0.1, 0.15) is 5.60 Å². The molecule has 0 radical (unpaired) electrons. The second-order valence-electron chi connectivity index (χ2n) is 5.97. The Kier molecular flexibility index (Phi) is 4.99. The van der Waals surface area contributed by atoms with Crippen molar-refractivity contribution in [2.75, 3.05) is 26.8 Å². The summed E-state index contributed by atoms with van der Waals surface area (Å²) in [7, 11) is 1.61. The van der Waals surface area contributed by atoms with Crippen molar-refractivity contribution in [3.8, 4) is 0 Å². The molecule has 0 saturated carbocycles. The standard InChI is InChI=1S/C13H25NO4/c1-12(2,3)18-11(15)14-8-5-6-13(16,10-14)7-9-17-4/h16H,5-10H2,1-4H3. The van der Waals surface area contributed by atoms with Crippen LogP contribution in [-0.4, -0.2) is 54.1 Å². The Morgan fingerprint density at radius 3 is 2.67 bits per heavy atom. The average molecular weight is 259 g/mol. The largest absolute Gasteiger partial charge is 0.444 e. The van der Waals surface area contributed by atoms with E-state index in [1.807, 2.05) is 20.8 Å². The summed E-state index contributed by atoms with van der Waals surface area (Å²) in [6.07, 6.45) is 1.69. The van der Waals surface area contributed by atoms with Crippen molar-refractivity contribution in [3.63, 3.8) is 0 Å². The molecule has 5 heteroatoms. The van der Waals surface area contributed by atoms with Gasteiger partial charge in [0.2, 0.25) is 0 Å². The van der Waals surface area contributed by atoms with Gasteiger partial charge in [-0.25, -0.2) is 4.79 Å². The first-order valence-electron chi connectivity index (χ1n) is 6.45. The lowest BCUT2D eigenvalue weighted by Crippen LogP contribution is -2.51. The molecule has 0 aromatic rings. The van der Waals surface area contributed by atoms with Crippen molar-refractivity contribution < 1.29 is 19.4 Å². The number of piperidine rings is 1. The Hall–Kier alpha value is -0.810. The summed E-state index contributed by atoms with van der Waals surface area (Å²) >= 11 is 0. The van der Waals surface area contributed by atoms with Crippen LogP contribution in [0.3, 0.4) is 0 Å². The third-order valence-electron chi connectivity index (χ3n) is 2.98. The number of nitrogens with zero attached hydrogens (tertiary/aromatic N) is 1. The van der Waals surface area contributed by atoms with Gasteiger partial charge in [-0.1, -0.05) is 0 Å². The lowest BCUT2D eigenvalue weighted by molar-refractivity contribution is -0.0564. The second-order valence-corrected chi connectivity index (χ2v) is 5.97. The molecule has 1 heterocycles. The van der Waals surface area contributed by atoms with Gasteiger partial charge in [-0.3, -0.25) is 0 Å². The molecule has 1 aliphatic heterocycles. The van der Waals surface area contributed by atoms with Crippen molar-refractivity contribution in [1.29, 1.82) is 0 Å². The summed E-state index contributed by atoms with van der Waals surface area (Å²) in [6.45, 7) is 6.98. The molecule has 1 aliphatic rings. The number of ether oxygens (including phenoxy) is 2. The number of amides is 1. The van der Waals surface area contributed by atoms with Crippen molar-refractivity contribution >= 4 is 6.09 Å². The molecule has 0 spiro atoms. The molecule has 0 bridgehead atoms. The fraction of sp³-hybridized carbons (Fsp3) is 0.923. The summed E-state index contributed by atoms with van der Waals surface area (Å²) < 4.78 is 10.3. The minimum Gasteiger partial charge on any atom is -0.444 e. The topological polar surface area (TPSA) is 59.0 Å². The van der Waals surface area contributed by atoms with E-state index in [1.165, 1.54) is 0 Å². The molecule has 1 fully saturated rings. The zero-order chi connectivity index (χ0) is 13.8. The van der Waals surface area contributed by atoms with Crippen LogP contribution >= 0.6 is 0 Å². The molecule has 1 saturated heterocycles. The van der Waals surface area contributed by atoms with E-state index in [0.717, 1.165) is 6.42 Å². The monoisotopic (exact) mass is 259 g/mol. The fourth-order valence-electron chi connectivity index (χ4n) is 2.09. The Morgan fingerprint density at radius 2 is 2.11 bits per heavy atom. The van der Waals surface area contributed by atoms with Crippen LogP contribution in [0.2, 0.25) is 0 Å². The molecule has 1 amide bonds. The Morgan fingerprint density at radius 1 is 1.44 bits per heavy atom. The molecule has 1 N–H and O–H groups in total. The van der Waals surface area contributed by atoms with Crippen molar-refractivity contribution in [3.05, 3.63) is 0 Å². The van der Waals surface area contributed by atoms with Crippen LogP contribution < -0.4 is 0 Å². The minimum atomic E-state index is -0.842. The Labute approximate surface area is 109 Å². The summed E-state index contributed by atoms with van der Waals surface area (Å²) in [4.78, 5) is 13.5. The first-order valence-corrected chi connectivity index (χ1v) is 6.45. The van der Waals surface area contributed by atoms with Gasteiger partial charge < -0.3 is 19.5 Å². The van der Waals surface area contributed by atoms with E-state index in [4.69, 9.17) is 9.47 Å². The highest BCUT2D eigenvalue weighted by atomic mass is 16.6. The van der Waals surface area contributed by atoms with E-state index in [9.17, 15) is 9.90 Å². The minimum absolute atomic E-state index is 0.325. The van der Waals surface area contributed by atoms with E-state index in [2.05, 4.69) is 0 Å². The molecule has 5 nitrogen and oxygen atoms in total. The van der Waals surface area contributed by atoms with Crippen LogP contribution in [-0.2, 0) is 9.47 Å². The Bertz CT molecular complexity index is 287. The molecule has 0 aromatic carbocycles. The Balaban J connectivity index is 2.55. The summed E-state index contributed by atoms with van der Waals surface area (Å²) in [5.41, 5.74) is -1.34. The van der Waals surface area contributed by atoms with Crippen LogP contribution in [0.1, 0.15) is 40.0 Å². The maximum atomic E-state index is 11.9. The molecule has 1 rings (SSSR count). The third kappa shape index (κ3) is 4.82. The normalized spacial score (nSPS) is 25.1. The van der Waals surface area contributed by atoms with Crippen molar-refractivity contribution in [2.45, 2.75) is 51.2 Å². The quantitative estimate of drug-likeness (QED) is 0.839. The number of carbonyl (C=O) groups is 1. The number of aliphatic hydroxyl groups is 1. The van der Waals surface area contributed by atoms with Crippen LogP contribution in [0.15, 0.2) is 0 Å². The SMILES string of the molecule is COCCC1(O)CCCN(C(=O)OC(C)(C)C)C1. The molecular formula is C13H25NO4. The van der Waals surface area contributed by atoms with Crippen LogP contribution in [0.5, 0.6) is 0 Å². The average Bonchev–Trinajstić information content (AvgIpc) is 2.24. The van der Waals surface area contributed by atoms with Crippen LogP contribution in [0.4, 0.5) is 4.79 Å². The molecule has 0 aliphatic carbocycles. The predicted molar refractivity (Wildman–Crippen MR) is 68.5 cm³/mol. The van der Waals surface area contributed by atoms with E-state index in [1.54, 1.807) is 12.0 Å². The van der Waals surface area contributed by atoms with Gasteiger partial charge in [0.15, 0.2) is 0 Å². The zero-order valence-corrected chi connectivity index (χ0v) is 11.9. The highest BCUT2D eigenvalue weighted by Gasteiger charge is 2.36. The highest BCUT2D eigenvalue weighted by molar-refractivity contribution is 5.68. The summed E-state index contributed by atoms with van der Waals surface area (Å²) in [6, 6.07) is 0. The number of likely N-dealkylation sites (tertiary alicyclic amines) is 1. The van der Waals surface area contributed by atoms with Gasteiger partial charge in [0.05, 0.1) is 12.1 Å². The van der Waals surface area contributed by atoms with Crippen molar-refractivity contribution in [1.82, 2.24) is 4.90 Å². The smallest absolute Gasteiger partial charge is 0.410 e. The van der Waals surface area contributed by atoms with Gasteiger partial charge in [-0.2, -0.15) is 0 Å². The summed E-state index contributed by atoms with van der Waals surface area (Å²) in [5.74, 6) is 0. The number of rotatable bonds is 3. The van der Waals surface area contributed by atoms with E-state index in [0.29, 0.717) is 32.5 Å². The molecule has 1 atom stereocenters. The molecule has 18 heavy (non-hydrogen) atoms. The molecule has 1 unspecified atom stereocenters. The third-order valence-corrected chi connectivity index (χ3v) is 2.98. The number of hydrogen-bond donors (Lipinski definition) is 1. The fourth-order valence-corrected chi connectivity index (χ4v) is 2.09. The number of methoxy groups -OCH3 is 1. The number of carbonyl (C=O) groups excluding carboxylic acids is 1.